The van der Waals surface area contributed by atoms with E-state index >= 15 is 0 Å². The van der Waals surface area contributed by atoms with Gasteiger partial charge in [-0.3, -0.25) is 14.4 Å². The predicted octanol–water partition coefficient (Wildman–Crippen LogP) is 4.10. The number of anilines is 1. The number of fused-ring (bicyclic) bond motifs is 3. The maximum Gasteiger partial charge on any atom is 0.328 e. The fourth-order valence-electron chi connectivity index (χ4n) is 5.62. The van der Waals surface area contributed by atoms with Crippen LogP contribution in [0.2, 0.25) is 0 Å². The van der Waals surface area contributed by atoms with E-state index < -0.39 is 30.0 Å². The molecule has 2 aromatic carbocycles. The van der Waals surface area contributed by atoms with Crippen LogP contribution in [0.25, 0.3) is 11.1 Å². The van der Waals surface area contributed by atoms with Crippen LogP contribution in [0.4, 0.5) is 5.69 Å². The molecular formula is C33H45N3O8S. The summed E-state index contributed by atoms with van der Waals surface area (Å²) in [5, 5.41) is 8.97. The summed E-state index contributed by atoms with van der Waals surface area (Å²) in [5.41, 5.74) is 2.76. The van der Waals surface area contributed by atoms with Crippen LogP contribution in [0, 0.1) is 5.92 Å². The van der Waals surface area contributed by atoms with E-state index in [0.717, 1.165) is 11.1 Å². The molecule has 1 aliphatic rings. The Labute approximate surface area is 269 Å². The van der Waals surface area contributed by atoms with Crippen LogP contribution in [0.1, 0.15) is 57.2 Å². The molecule has 0 fully saturated rings. The fraction of sp³-hybridized carbons (Fsp3) is 0.515. The number of rotatable bonds is 14. The van der Waals surface area contributed by atoms with Gasteiger partial charge in [0.1, 0.15) is 12.1 Å². The smallest absolute Gasteiger partial charge is 0.328 e. The highest BCUT2D eigenvalue weighted by atomic mass is 32.2. The summed E-state index contributed by atoms with van der Waals surface area (Å²) in [5.74, 6) is 0.969. The average molecular weight is 644 g/mol. The lowest BCUT2D eigenvalue weighted by atomic mass is 9.95. The van der Waals surface area contributed by atoms with E-state index in [1.165, 1.54) is 34.3 Å². The molecule has 12 heteroatoms. The van der Waals surface area contributed by atoms with Crippen molar-refractivity contribution < 1.29 is 33.3 Å². The predicted molar refractivity (Wildman–Crippen MR) is 176 cm³/mol. The number of carbonyl (C=O) groups excluding carboxylic acids is 3. The number of ether oxygens (including phenoxy) is 4. The number of hydrogen-bond donors (Lipinski definition) is 3. The van der Waals surface area contributed by atoms with E-state index in [9.17, 15) is 19.2 Å². The molecule has 3 atom stereocenters. The third-order valence-electron chi connectivity index (χ3n) is 7.68. The van der Waals surface area contributed by atoms with Gasteiger partial charge >= 0.3 is 5.97 Å². The van der Waals surface area contributed by atoms with Gasteiger partial charge in [-0.2, -0.15) is 11.8 Å². The molecule has 3 N–H and O–H groups in total. The monoisotopic (exact) mass is 643 g/mol. The highest BCUT2D eigenvalue weighted by Crippen LogP contribution is 2.50. The van der Waals surface area contributed by atoms with Crippen LogP contribution in [-0.4, -0.2) is 70.3 Å². The highest BCUT2D eigenvalue weighted by Gasteiger charge is 2.31. The summed E-state index contributed by atoms with van der Waals surface area (Å²) in [7, 11) is 5.91. The lowest BCUT2D eigenvalue weighted by Gasteiger charge is -2.23. The summed E-state index contributed by atoms with van der Waals surface area (Å²) in [4.78, 5) is 52.0. The molecule has 0 saturated heterocycles. The third-order valence-corrected chi connectivity index (χ3v) is 8.33. The van der Waals surface area contributed by atoms with Gasteiger partial charge in [0.05, 0.1) is 40.2 Å². The maximum atomic E-state index is 13.8. The Bertz CT molecular complexity index is 1450. The van der Waals surface area contributed by atoms with Crippen LogP contribution >= 0.6 is 11.8 Å². The Hall–Kier alpha value is -3.93. The Morgan fingerprint density at radius 3 is 2.29 bits per heavy atom. The van der Waals surface area contributed by atoms with Crippen LogP contribution in [0.15, 0.2) is 29.1 Å². The molecule has 11 nitrogen and oxygen atoms in total. The molecule has 0 unspecified atom stereocenters. The Morgan fingerprint density at radius 1 is 1.00 bits per heavy atom. The number of amides is 2. The second-order valence-electron chi connectivity index (χ2n) is 11.3. The first kappa shape index (κ1) is 35.5. The van der Waals surface area contributed by atoms with Gasteiger partial charge in [-0.05, 0) is 78.5 Å². The molecule has 0 aromatic heterocycles. The van der Waals surface area contributed by atoms with E-state index in [1.807, 2.05) is 26.2 Å². The minimum absolute atomic E-state index is 0.138. The normalized spacial score (nSPS) is 15.0. The van der Waals surface area contributed by atoms with Crippen molar-refractivity contribution >= 4 is 35.2 Å². The van der Waals surface area contributed by atoms with Gasteiger partial charge in [0.25, 0.3) is 0 Å². The van der Waals surface area contributed by atoms with E-state index in [0.29, 0.717) is 59.8 Å². The molecule has 0 bridgehead atoms. The third kappa shape index (κ3) is 8.62. The van der Waals surface area contributed by atoms with Gasteiger partial charge in [0, 0.05) is 12.5 Å². The SMILES string of the molecule is COC(=O)[C@H](CC(C)C)NC(=O)[C@H](CCSC)Nc1ccc2c(cc1=O)[C@@H](NC(C)=O)CCc1cc(OC)c(OC)c(OC)c1-2. The molecule has 0 radical (unpaired) electrons. The number of carbonyl (C=O) groups is 3. The van der Waals surface area contributed by atoms with Gasteiger partial charge in [-0.1, -0.05) is 19.9 Å². The molecule has 0 heterocycles. The van der Waals surface area contributed by atoms with Crippen molar-refractivity contribution in [2.45, 2.75) is 64.6 Å². The summed E-state index contributed by atoms with van der Waals surface area (Å²) < 4.78 is 22.0. The molecule has 2 amide bonds. The van der Waals surface area contributed by atoms with Crippen molar-refractivity contribution in [3.8, 4) is 28.4 Å². The second-order valence-corrected chi connectivity index (χ2v) is 12.3. The van der Waals surface area contributed by atoms with Crippen molar-refractivity contribution in [1.82, 2.24) is 10.6 Å². The lowest BCUT2D eigenvalue weighted by Crippen LogP contribution is -2.49. The van der Waals surface area contributed by atoms with Crippen LogP contribution < -0.4 is 35.6 Å². The fourth-order valence-corrected chi connectivity index (χ4v) is 6.09. The van der Waals surface area contributed by atoms with Gasteiger partial charge in [-0.15, -0.1) is 0 Å². The molecule has 0 spiro atoms. The van der Waals surface area contributed by atoms with E-state index in [-0.39, 0.29) is 22.9 Å². The average Bonchev–Trinajstić information content (AvgIpc) is 3.25. The van der Waals surface area contributed by atoms with Crippen LogP contribution in [0.5, 0.6) is 17.2 Å². The number of methoxy groups -OCH3 is 4. The molecule has 246 valence electrons. The van der Waals surface area contributed by atoms with E-state index in [4.69, 9.17) is 18.9 Å². The number of aryl methyl sites for hydroxylation is 1. The number of benzene rings is 1. The standard InChI is InChI=1S/C33H45N3O8S/c1-18(2)15-26(33(40)44-7)36-32(39)25(13-14-45-8)35-24-12-10-21-22(17-27(24)38)23(34-19(3)37)11-9-20-16-28(41-4)30(42-5)31(43-6)29(20)21/h10,12,16-18,23,25-26H,9,11,13-15H2,1-8H3,(H,34,37)(H,35,38)(H,36,39)/t23-,25-,26-/m0/s1. The zero-order valence-corrected chi connectivity index (χ0v) is 28.1. The van der Waals surface area contributed by atoms with Gasteiger partial charge in [0.2, 0.25) is 23.0 Å². The Morgan fingerprint density at radius 2 is 1.71 bits per heavy atom. The lowest BCUT2D eigenvalue weighted by molar-refractivity contribution is -0.145. The molecule has 0 aliphatic heterocycles. The summed E-state index contributed by atoms with van der Waals surface area (Å²) >= 11 is 1.57. The van der Waals surface area contributed by atoms with E-state index in [2.05, 4.69) is 16.0 Å². The minimum Gasteiger partial charge on any atom is -0.493 e. The Kier molecular flexibility index (Phi) is 13.0. The summed E-state index contributed by atoms with van der Waals surface area (Å²) in [6.45, 7) is 5.35. The van der Waals surface area contributed by atoms with Crippen LogP contribution in [-0.2, 0) is 25.5 Å². The Balaban J connectivity index is 2.17. The molecule has 2 aromatic rings. The van der Waals surface area contributed by atoms with Crippen molar-refractivity contribution in [2.75, 3.05) is 45.8 Å². The van der Waals surface area contributed by atoms with Crippen molar-refractivity contribution in [3.05, 3.63) is 45.6 Å². The van der Waals surface area contributed by atoms with Gasteiger partial charge in [-0.25, -0.2) is 4.79 Å². The maximum absolute atomic E-state index is 13.8. The summed E-state index contributed by atoms with van der Waals surface area (Å²) in [6.07, 6.45) is 3.84. The number of nitrogens with one attached hydrogen (secondary N) is 3. The first-order valence-electron chi connectivity index (χ1n) is 14.9. The number of thioether (sulfide) groups is 1. The minimum atomic E-state index is -0.815. The first-order chi connectivity index (χ1) is 21.5. The second kappa shape index (κ2) is 16.4. The van der Waals surface area contributed by atoms with Crippen molar-refractivity contribution in [1.29, 1.82) is 0 Å². The quantitative estimate of drug-likeness (QED) is 0.258. The van der Waals surface area contributed by atoms with Gasteiger partial charge in [0.15, 0.2) is 11.5 Å². The molecule has 45 heavy (non-hydrogen) atoms. The van der Waals surface area contributed by atoms with E-state index in [1.54, 1.807) is 31.0 Å². The summed E-state index contributed by atoms with van der Waals surface area (Å²) in [6, 6.07) is 4.75. The number of hydrogen-bond acceptors (Lipinski definition) is 10. The van der Waals surface area contributed by atoms with Gasteiger partial charge < -0.3 is 34.9 Å². The topological polar surface area (TPSA) is 141 Å². The highest BCUT2D eigenvalue weighted by molar-refractivity contribution is 7.98. The first-order valence-corrected chi connectivity index (χ1v) is 16.3. The molecule has 3 rings (SSSR count). The largest absolute Gasteiger partial charge is 0.493 e. The number of esters is 1. The molecule has 0 saturated carbocycles. The zero-order chi connectivity index (χ0) is 33.3. The van der Waals surface area contributed by atoms with Crippen molar-refractivity contribution in [3.63, 3.8) is 0 Å². The van der Waals surface area contributed by atoms with Crippen molar-refractivity contribution in [2.24, 2.45) is 5.92 Å². The zero-order valence-electron chi connectivity index (χ0n) is 27.3. The molecular weight excluding hydrogens is 598 g/mol. The van der Waals surface area contributed by atoms with Crippen LogP contribution in [0.3, 0.4) is 0 Å². The molecule has 1 aliphatic carbocycles.